The highest BCUT2D eigenvalue weighted by Gasteiger charge is 2.21. The van der Waals surface area contributed by atoms with E-state index in [0.717, 1.165) is 28.2 Å². The molecule has 7 heteroatoms. The zero-order chi connectivity index (χ0) is 13.8. The molecule has 0 aromatic carbocycles. The van der Waals surface area contributed by atoms with Gasteiger partial charge in [0.25, 0.3) is 5.91 Å². The smallest absolute Gasteiger partial charge is 0.264 e. The Kier molecular flexibility index (Phi) is 4.95. The first-order chi connectivity index (χ1) is 9.06. The SMILES string of the molecule is NC(=O)CN1CCCN(C(=O)c2ccc(Br)s2)CC1. The number of halogens is 1. The summed E-state index contributed by atoms with van der Waals surface area (Å²) in [6.07, 6.45) is 0.867. The Morgan fingerprint density at radius 2 is 2.05 bits per heavy atom. The summed E-state index contributed by atoms with van der Waals surface area (Å²) in [5.41, 5.74) is 5.20. The molecule has 2 heterocycles. The fourth-order valence-corrected chi connectivity index (χ4v) is 3.49. The van der Waals surface area contributed by atoms with Crippen LogP contribution in [0.2, 0.25) is 0 Å². The van der Waals surface area contributed by atoms with Crippen molar-refractivity contribution in [1.29, 1.82) is 0 Å². The molecule has 2 rings (SSSR count). The maximum atomic E-state index is 12.3. The summed E-state index contributed by atoms with van der Waals surface area (Å²) < 4.78 is 0.959. The van der Waals surface area contributed by atoms with Crippen molar-refractivity contribution in [3.8, 4) is 0 Å². The predicted molar refractivity (Wildman–Crippen MR) is 78.2 cm³/mol. The average molecular weight is 346 g/mol. The van der Waals surface area contributed by atoms with Crippen LogP contribution in [-0.2, 0) is 4.79 Å². The third kappa shape index (κ3) is 4.02. The minimum Gasteiger partial charge on any atom is -0.369 e. The van der Waals surface area contributed by atoms with Gasteiger partial charge in [0, 0.05) is 26.2 Å². The molecule has 1 aliphatic heterocycles. The van der Waals surface area contributed by atoms with E-state index in [4.69, 9.17) is 5.73 Å². The van der Waals surface area contributed by atoms with Crippen LogP contribution in [0.1, 0.15) is 16.1 Å². The fraction of sp³-hybridized carbons (Fsp3) is 0.500. The molecule has 5 nitrogen and oxygen atoms in total. The molecule has 0 atom stereocenters. The molecule has 0 saturated carbocycles. The van der Waals surface area contributed by atoms with Gasteiger partial charge in [0.2, 0.25) is 5.91 Å². The topological polar surface area (TPSA) is 66.6 Å². The van der Waals surface area contributed by atoms with Crippen LogP contribution in [0.5, 0.6) is 0 Å². The van der Waals surface area contributed by atoms with Crippen molar-refractivity contribution in [2.45, 2.75) is 6.42 Å². The highest BCUT2D eigenvalue weighted by Crippen LogP contribution is 2.23. The molecule has 0 unspecified atom stereocenters. The number of rotatable bonds is 3. The summed E-state index contributed by atoms with van der Waals surface area (Å²) in [4.78, 5) is 27.8. The monoisotopic (exact) mass is 345 g/mol. The first kappa shape index (κ1) is 14.5. The number of carbonyl (C=O) groups is 2. The Hall–Kier alpha value is -0.920. The van der Waals surface area contributed by atoms with Crippen molar-refractivity contribution in [1.82, 2.24) is 9.80 Å². The van der Waals surface area contributed by atoms with E-state index in [0.29, 0.717) is 13.1 Å². The molecule has 0 bridgehead atoms. The van der Waals surface area contributed by atoms with Crippen molar-refractivity contribution in [2.75, 3.05) is 32.7 Å². The summed E-state index contributed by atoms with van der Waals surface area (Å²) in [5, 5.41) is 0. The van der Waals surface area contributed by atoms with Crippen LogP contribution in [0.3, 0.4) is 0 Å². The molecule has 1 saturated heterocycles. The molecule has 1 aliphatic rings. The fourth-order valence-electron chi connectivity index (χ4n) is 2.14. The second-order valence-corrected chi connectivity index (χ2v) is 6.95. The molecule has 104 valence electrons. The molecule has 19 heavy (non-hydrogen) atoms. The van der Waals surface area contributed by atoms with Crippen LogP contribution >= 0.6 is 27.3 Å². The predicted octanol–water partition coefficient (Wildman–Crippen LogP) is 1.14. The van der Waals surface area contributed by atoms with Gasteiger partial charge in [-0.05, 0) is 34.5 Å². The van der Waals surface area contributed by atoms with E-state index in [2.05, 4.69) is 15.9 Å². The molecule has 0 aliphatic carbocycles. The maximum absolute atomic E-state index is 12.3. The Bertz CT molecular complexity index is 477. The van der Waals surface area contributed by atoms with Gasteiger partial charge in [0.1, 0.15) is 0 Å². The molecule has 0 radical (unpaired) electrons. The first-order valence-corrected chi connectivity index (χ1v) is 7.72. The zero-order valence-electron chi connectivity index (χ0n) is 10.5. The summed E-state index contributed by atoms with van der Waals surface area (Å²) in [5.74, 6) is -0.251. The number of nitrogens with zero attached hydrogens (tertiary/aromatic N) is 2. The lowest BCUT2D eigenvalue weighted by atomic mass is 10.3. The number of carbonyl (C=O) groups excluding carboxylic acids is 2. The van der Waals surface area contributed by atoms with Crippen molar-refractivity contribution >= 4 is 39.1 Å². The average Bonchev–Trinajstić information content (AvgIpc) is 2.65. The van der Waals surface area contributed by atoms with Gasteiger partial charge in [0.05, 0.1) is 15.2 Å². The van der Waals surface area contributed by atoms with Crippen molar-refractivity contribution in [3.05, 3.63) is 20.8 Å². The molecule has 0 spiro atoms. The van der Waals surface area contributed by atoms with Gasteiger partial charge in [-0.2, -0.15) is 0 Å². The second-order valence-electron chi connectivity index (χ2n) is 4.49. The summed E-state index contributed by atoms with van der Waals surface area (Å²) in [7, 11) is 0. The van der Waals surface area contributed by atoms with Gasteiger partial charge in [0.15, 0.2) is 0 Å². The van der Waals surface area contributed by atoms with Gasteiger partial charge in [-0.3, -0.25) is 14.5 Å². The van der Waals surface area contributed by atoms with Gasteiger partial charge in [-0.15, -0.1) is 11.3 Å². The number of hydrogen-bond donors (Lipinski definition) is 1. The molecule has 2 N–H and O–H groups in total. The van der Waals surface area contributed by atoms with Gasteiger partial charge in [-0.1, -0.05) is 0 Å². The molecule has 1 fully saturated rings. The Balaban J connectivity index is 1.95. The number of hydrogen-bond acceptors (Lipinski definition) is 4. The van der Waals surface area contributed by atoms with Crippen LogP contribution < -0.4 is 5.73 Å². The number of thiophene rings is 1. The molecular weight excluding hydrogens is 330 g/mol. The summed E-state index contributed by atoms with van der Waals surface area (Å²) in [6.45, 7) is 3.14. The quantitative estimate of drug-likeness (QED) is 0.893. The van der Waals surface area contributed by atoms with Crippen molar-refractivity contribution in [2.24, 2.45) is 5.73 Å². The van der Waals surface area contributed by atoms with Crippen molar-refractivity contribution in [3.63, 3.8) is 0 Å². The van der Waals surface area contributed by atoms with Crippen LogP contribution in [0.25, 0.3) is 0 Å². The normalized spacial score (nSPS) is 17.2. The highest BCUT2D eigenvalue weighted by molar-refractivity contribution is 9.11. The molecule has 1 aromatic rings. The van der Waals surface area contributed by atoms with Crippen LogP contribution in [0.15, 0.2) is 15.9 Å². The lowest BCUT2D eigenvalue weighted by Gasteiger charge is -2.20. The Labute approximate surface area is 124 Å². The lowest BCUT2D eigenvalue weighted by Crippen LogP contribution is -2.38. The minimum absolute atomic E-state index is 0.0663. The van der Waals surface area contributed by atoms with Gasteiger partial charge >= 0.3 is 0 Å². The van der Waals surface area contributed by atoms with E-state index in [1.54, 1.807) is 0 Å². The third-order valence-electron chi connectivity index (χ3n) is 3.04. The Morgan fingerprint density at radius 3 is 2.68 bits per heavy atom. The Morgan fingerprint density at radius 1 is 1.26 bits per heavy atom. The third-order valence-corrected chi connectivity index (χ3v) is 4.65. The largest absolute Gasteiger partial charge is 0.369 e. The van der Waals surface area contributed by atoms with E-state index in [-0.39, 0.29) is 18.4 Å². The first-order valence-electron chi connectivity index (χ1n) is 6.11. The standard InChI is InChI=1S/C12H16BrN3O2S/c13-10-3-2-9(19-10)12(18)16-5-1-4-15(6-7-16)8-11(14)17/h2-3H,1,4-8H2,(H2,14,17). The number of nitrogens with two attached hydrogens (primary N) is 1. The number of primary amides is 1. The van der Waals surface area contributed by atoms with Gasteiger partial charge < -0.3 is 10.6 Å². The highest BCUT2D eigenvalue weighted by atomic mass is 79.9. The zero-order valence-corrected chi connectivity index (χ0v) is 12.9. The molecular formula is C12H16BrN3O2S. The molecule has 2 amide bonds. The van der Waals surface area contributed by atoms with Crippen molar-refractivity contribution < 1.29 is 9.59 Å². The van der Waals surface area contributed by atoms with E-state index in [1.165, 1.54) is 11.3 Å². The van der Waals surface area contributed by atoms with Gasteiger partial charge in [-0.25, -0.2) is 0 Å². The minimum atomic E-state index is -0.318. The van der Waals surface area contributed by atoms with Crippen LogP contribution in [-0.4, -0.2) is 54.3 Å². The van der Waals surface area contributed by atoms with E-state index < -0.39 is 0 Å². The van der Waals surface area contributed by atoms with E-state index in [1.807, 2.05) is 21.9 Å². The second kappa shape index (κ2) is 6.49. The summed E-state index contributed by atoms with van der Waals surface area (Å²) in [6, 6.07) is 3.72. The molecule has 1 aromatic heterocycles. The van der Waals surface area contributed by atoms with E-state index >= 15 is 0 Å². The maximum Gasteiger partial charge on any atom is 0.264 e. The van der Waals surface area contributed by atoms with Crippen LogP contribution in [0.4, 0.5) is 0 Å². The lowest BCUT2D eigenvalue weighted by molar-refractivity contribution is -0.119. The van der Waals surface area contributed by atoms with Crippen LogP contribution in [0, 0.1) is 0 Å². The summed E-state index contributed by atoms with van der Waals surface area (Å²) >= 11 is 4.81. The van der Waals surface area contributed by atoms with E-state index in [9.17, 15) is 9.59 Å². The number of amides is 2.